The molecule has 1 aliphatic heterocycles. The first-order chi connectivity index (χ1) is 16.5. The lowest BCUT2D eigenvalue weighted by atomic mass is 9.97. The number of rotatable bonds is 10. The Kier molecular flexibility index (Phi) is 8.69. The van der Waals surface area contributed by atoms with Gasteiger partial charge < -0.3 is 20.4 Å². The van der Waals surface area contributed by atoms with Gasteiger partial charge in [0.05, 0.1) is 11.7 Å². The largest absolute Gasteiger partial charge is 0.356 e. The SMILES string of the molecule is CN1CCN(CCCNC(=O)CCCNC(=O)Cn2cnc3sc4c(c3c2=O)CCCC4)CC1. The highest BCUT2D eigenvalue weighted by atomic mass is 32.1. The van der Waals surface area contributed by atoms with Crippen LogP contribution in [-0.2, 0) is 29.0 Å². The van der Waals surface area contributed by atoms with Crippen molar-refractivity contribution >= 4 is 33.4 Å². The quantitative estimate of drug-likeness (QED) is 0.484. The standard InChI is InChI=1S/C24H36N6O3S/c1-28-12-14-29(15-13-28)11-5-10-25-20(31)8-4-9-26-21(32)16-30-17-27-23-22(24(30)33)18-6-2-3-7-19(18)34-23/h17H,2-16H2,1H3,(H,25,31)(H,26,32). The molecule has 0 radical (unpaired) electrons. The highest BCUT2D eigenvalue weighted by Crippen LogP contribution is 2.33. The molecule has 0 unspecified atom stereocenters. The number of amides is 2. The summed E-state index contributed by atoms with van der Waals surface area (Å²) in [5.41, 5.74) is 1.00. The van der Waals surface area contributed by atoms with E-state index >= 15 is 0 Å². The number of hydrogen-bond acceptors (Lipinski definition) is 7. The molecule has 0 atom stereocenters. The molecule has 0 spiro atoms. The van der Waals surface area contributed by atoms with E-state index in [1.807, 2.05) is 0 Å². The smallest absolute Gasteiger partial charge is 0.262 e. The van der Waals surface area contributed by atoms with E-state index in [1.165, 1.54) is 15.8 Å². The summed E-state index contributed by atoms with van der Waals surface area (Å²) in [5, 5.41) is 6.48. The Hall–Kier alpha value is -2.30. The van der Waals surface area contributed by atoms with Crippen LogP contribution in [0.3, 0.4) is 0 Å². The molecule has 186 valence electrons. The van der Waals surface area contributed by atoms with E-state index in [4.69, 9.17) is 0 Å². The van der Waals surface area contributed by atoms with E-state index in [9.17, 15) is 14.4 Å². The summed E-state index contributed by atoms with van der Waals surface area (Å²) < 4.78 is 1.40. The molecule has 9 nitrogen and oxygen atoms in total. The van der Waals surface area contributed by atoms with Gasteiger partial charge in [0.25, 0.3) is 5.56 Å². The molecule has 0 bridgehead atoms. The van der Waals surface area contributed by atoms with E-state index in [-0.39, 0.29) is 23.9 Å². The second-order valence-electron chi connectivity index (χ2n) is 9.37. The van der Waals surface area contributed by atoms with E-state index in [2.05, 4.69) is 32.5 Å². The predicted octanol–water partition coefficient (Wildman–Crippen LogP) is 0.987. The fourth-order valence-corrected chi connectivity index (χ4v) is 5.89. The molecule has 2 amide bonds. The second kappa shape index (κ2) is 11.9. The Morgan fingerprint density at radius 3 is 2.59 bits per heavy atom. The minimum Gasteiger partial charge on any atom is -0.356 e. The lowest BCUT2D eigenvalue weighted by Gasteiger charge is -2.32. The Morgan fingerprint density at radius 1 is 1.03 bits per heavy atom. The van der Waals surface area contributed by atoms with Crippen molar-refractivity contribution in [2.45, 2.75) is 51.5 Å². The van der Waals surface area contributed by atoms with Crippen LogP contribution in [-0.4, -0.2) is 84.0 Å². The van der Waals surface area contributed by atoms with E-state index < -0.39 is 0 Å². The van der Waals surface area contributed by atoms with Gasteiger partial charge in [-0.15, -0.1) is 11.3 Å². The van der Waals surface area contributed by atoms with E-state index in [0.717, 1.165) is 75.2 Å². The summed E-state index contributed by atoms with van der Waals surface area (Å²) in [6, 6.07) is 0. The van der Waals surface area contributed by atoms with Crippen LogP contribution < -0.4 is 16.2 Å². The van der Waals surface area contributed by atoms with Crippen molar-refractivity contribution < 1.29 is 9.59 Å². The fourth-order valence-electron chi connectivity index (χ4n) is 4.67. The Balaban J connectivity index is 1.13. The Labute approximate surface area is 204 Å². The van der Waals surface area contributed by atoms with Gasteiger partial charge in [-0.25, -0.2) is 4.98 Å². The number of carbonyl (C=O) groups is 2. The monoisotopic (exact) mass is 488 g/mol. The second-order valence-corrected chi connectivity index (χ2v) is 10.5. The average Bonchev–Trinajstić information content (AvgIpc) is 3.22. The fraction of sp³-hybridized carbons (Fsp3) is 0.667. The molecule has 0 saturated carbocycles. The summed E-state index contributed by atoms with van der Waals surface area (Å²) in [6.45, 7) is 6.45. The number of hydrogen-bond donors (Lipinski definition) is 2. The molecule has 2 aromatic heterocycles. The summed E-state index contributed by atoms with van der Waals surface area (Å²) in [4.78, 5) is 48.6. The van der Waals surface area contributed by atoms with Crippen LogP contribution in [0.25, 0.3) is 10.2 Å². The van der Waals surface area contributed by atoms with Crippen LogP contribution in [0.2, 0.25) is 0 Å². The number of carbonyl (C=O) groups excluding carboxylic acids is 2. The summed E-state index contributed by atoms with van der Waals surface area (Å²) in [7, 11) is 2.15. The van der Waals surface area contributed by atoms with Gasteiger partial charge in [-0.1, -0.05) is 0 Å². The number of piperazine rings is 1. The van der Waals surface area contributed by atoms with Crippen molar-refractivity contribution in [1.29, 1.82) is 0 Å². The van der Waals surface area contributed by atoms with Gasteiger partial charge >= 0.3 is 0 Å². The molecular formula is C24H36N6O3S. The Morgan fingerprint density at radius 2 is 1.76 bits per heavy atom. The van der Waals surface area contributed by atoms with Crippen molar-refractivity contribution in [1.82, 2.24) is 30.0 Å². The highest BCUT2D eigenvalue weighted by Gasteiger charge is 2.20. The van der Waals surface area contributed by atoms with Crippen LogP contribution in [0.1, 0.15) is 42.5 Å². The minimum atomic E-state index is -0.236. The predicted molar refractivity (Wildman–Crippen MR) is 134 cm³/mol. The highest BCUT2D eigenvalue weighted by molar-refractivity contribution is 7.18. The van der Waals surface area contributed by atoms with E-state index in [1.54, 1.807) is 11.3 Å². The van der Waals surface area contributed by atoms with Crippen molar-refractivity contribution in [3.8, 4) is 0 Å². The molecule has 34 heavy (non-hydrogen) atoms. The molecule has 0 aromatic carbocycles. The molecule has 1 fully saturated rings. The van der Waals surface area contributed by atoms with Gasteiger partial charge in [0.15, 0.2) is 0 Å². The van der Waals surface area contributed by atoms with E-state index in [0.29, 0.717) is 31.3 Å². The van der Waals surface area contributed by atoms with Crippen LogP contribution in [0.4, 0.5) is 0 Å². The third kappa shape index (κ3) is 6.43. The van der Waals surface area contributed by atoms with Gasteiger partial charge in [0.1, 0.15) is 11.4 Å². The molecule has 2 N–H and O–H groups in total. The third-order valence-electron chi connectivity index (χ3n) is 6.73. The topological polar surface area (TPSA) is 99.6 Å². The molecule has 1 aliphatic carbocycles. The first-order valence-electron chi connectivity index (χ1n) is 12.5. The zero-order valence-corrected chi connectivity index (χ0v) is 20.9. The van der Waals surface area contributed by atoms with Crippen molar-refractivity contribution in [3.63, 3.8) is 0 Å². The molecule has 3 heterocycles. The van der Waals surface area contributed by atoms with Crippen LogP contribution in [0.15, 0.2) is 11.1 Å². The van der Waals surface area contributed by atoms with Gasteiger partial charge in [0.2, 0.25) is 11.8 Å². The molecule has 2 aromatic rings. The Bertz CT molecular complexity index is 1060. The molecule has 1 saturated heterocycles. The van der Waals surface area contributed by atoms with Crippen LogP contribution in [0, 0.1) is 0 Å². The lowest BCUT2D eigenvalue weighted by molar-refractivity contribution is -0.123. The zero-order valence-electron chi connectivity index (χ0n) is 20.1. The molecule has 4 rings (SSSR count). The molecular weight excluding hydrogens is 452 g/mol. The minimum absolute atomic E-state index is 0.0146. The maximum absolute atomic E-state index is 12.9. The van der Waals surface area contributed by atoms with Gasteiger partial charge in [-0.2, -0.15) is 0 Å². The van der Waals surface area contributed by atoms with Crippen LogP contribution in [0.5, 0.6) is 0 Å². The number of aromatic nitrogens is 2. The van der Waals surface area contributed by atoms with Crippen molar-refractivity contribution in [2.75, 3.05) is 52.9 Å². The maximum atomic E-state index is 12.9. The number of likely N-dealkylation sites (N-methyl/N-ethyl adjacent to an activating group) is 1. The molecule has 2 aliphatic rings. The van der Waals surface area contributed by atoms with Crippen molar-refractivity contribution in [3.05, 3.63) is 27.1 Å². The number of fused-ring (bicyclic) bond motifs is 3. The normalized spacial score (nSPS) is 17.0. The van der Waals surface area contributed by atoms with Crippen LogP contribution >= 0.6 is 11.3 Å². The third-order valence-corrected chi connectivity index (χ3v) is 7.93. The maximum Gasteiger partial charge on any atom is 0.262 e. The van der Waals surface area contributed by atoms with Gasteiger partial charge in [-0.05, 0) is 57.7 Å². The van der Waals surface area contributed by atoms with Gasteiger partial charge in [0, 0.05) is 50.6 Å². The molecule has 10 heteroatoms. The number of aryl methyl sites for hydroxylation is 2. The van der Waals surface area contributed by atoms with Gasteiger partial charge in [-0.3, -0.25) is 19.0 Å². The first-order valence-corrected chi connectivity index (χ1v) is 13.3. The van der Waals surface area contributed by atoms with Crippen molar-refractivity contribution in [2.24, 2.45) is 0 Å². The lowest BCUT2D eigenvalue weighted by Crippen LogP contribution is -2.45. The summed E-state index contributed by atoms with van der Waals surface area (Å²) in [6.07, 6.45) is 7.56. The zero-order chi connectivity index (χ0) is 23.9. The first kappa shape index (κ1) is 24.8. The summed E-state index contributed by atoms with van der Waals surface area (Å²) >= 11 is 1.61. The number of thiophene rings is 1. The summed E-state index contributed by atoms with van der Waals surface area (Å²) in [5.74, 6) is -0.222. The number of nitrogens with zero attached hydrogens (tertiary/aromatic N) is 4. The average molecular weight is 489 g/mol. The number of nitrogens with one attached hydrogen (secondary N) is 2.